The Labute approximate surface area is 336 Å². The van der Waals surface area contributed by atoms with Crippen LogP contribution in [0.5, 0.6) is 0 Å². The molecule has 3 amide bonds. The van der Waals surface area contributed by atoms with Crippen molar-refractivity contribution < 1.29 is 107 Å². The number of hydrogen-bond donors (Lipinski definition) is 9. The molecule has 0 bridgehead atoms. The Morgan fingerprint density at radius 2 is 1.08 bits per heavy atom. The molecule has 1 saturated heterocycles. The normalized spacial score (nSPS) is 15.3. The number of piperidine rings is 1. The molecule has 1 aliphatic heterocycles. The first-order valence-electron chi connectivity index (χ1n) is 17.0. The van der Waals surface area contributed by atoms with Gasteiger partial charge in [0.15, 0.2) is 0 Å². The van der Waals surface area contributed by atoms with Crippen molar-refractivity contribution in [1.82, 2.24) is 15.5 Å². The van der Waals surface area contributed by atoms with Crippen LogP contribution in [0.2, 0.25) is 0 Å². The van der Waals surface area contributed by atoms with Gasteiger partial charge in [0.2, 0.25) is 17.7 Å². The van der Waals surface area contributed by atoms with Crippen LogP contribution in [0.15, 0.2) is 30.3 Å². The van der Waals surface area contributed by atoms with E-state index in [1.807, 2.05) is 0 Å². The Bertz CT molecular complexity index is 1530. The van der Waals surface area contributed by atoms with E-state index in [1.54, 1.807) is 30.3 Å². The van der Waals surface area contributed by atoms with Gasteiger partial charge in [-0.05, 0) is 57.1 Å². The summed E-state index contributed by atoms with van der Waals surface area (Å²) in [6, 6.07) is 4.93. The van der Waals surface area contributed by atoms with E-state index in [2.05, 4.69) is 10.6 Å². The lowest BCUT2D eigenvalue weighted by Gasteiger charge is -2.38. The van der Waals surface area contributed by atoms with Crippen molar-refractivity contribution in [1.29, 1.82) is 0 Å². The average molecular weight is 915 g/mol. The second kappa shape index (κ2) is 25.4. The fraction of sp³-hybridized carbons (Fsp3) is 0.594. The van der Waals surface area contributed by atoms with Crippen molar-refractivity contribution in [2.75, 3.05) is 19.6 Å². The van der Waals surface area contributed by atoms with Crippen molar-refractivity contribution in [3.8, 4) is 0 Å². The molecule has 0 spiro atoms. The van der Waals surface area contributed by atoms with Gasteiger partial charge in [-0.3, -0.25) is 19.2 Å². The van der Waals surface area contributed by atoms with E-state index in [1.165, 1.54) is 4.90 Å². The Kier molecular flexibility index (Phi) is 24.0. The molecule has 0 radical (unpaired) electrons. The van der Waals surface area contributed by atoms with E-state index in [-0.39, 0.29) is 38.8 Å². The van der Waals surface area contributed by atoms with Crippen LogP contribution in [0.25, 0.3) is 0 Å². The number of carboxylic acids is 4. The lowest BCUT2D eigenvalue weighted by atomic mass is 9.88. The third kappa shape index (κ3) is 25.0. The smallest absolute Gasteiger partial charge is 0.480 e. The summed E-state index contributed by atoms with van der Waals surface area (Å²) in [5.41, 5.74) is 16.6. The van der Waals surface area contributed by atoms with Gasteiger partial charge >= 0.3 is 48.6 Å². The first kappa shape index (κ1) is 57.6. The SMILES string of the molecule is NCCCC[C@@H](NC(=O)C(CCC(F)(F)F)NC(=O)[C@H](N)Cc1ccccc1)C(=O)N1CCC(N)(C(=O)O)CC1.O=C(O)C(F)(F)F.O=C(O)C(F)(F)F.O=C(O)C(F)(F)F. The van der Waals surface area contributed by atoms with Gasteiger partial charge in [0, 0.05) is 19.5 Å². The monoisotopic (exact) mass is 914 g/mol. The molecule has 1 aromatic rings. The summed E-state index contributed by atoms with van der Waals surface area (Å²) in [6.07, 6.45) is -20.7. The minimum Gasteiger partial charge on any atom is -0.480 e. The van der Waals surface area contributed by atoms with Crippen LogP contribution in [-0.2, 0) is 40.0 Å². The summed E-state index contributed by atoms with van der Waals surface area (Å²) >= 11 is 0. The molecule has 2 rings (SSSR count). The molecule has 61 heavy (non-hydrogen) atoms. The minimum atomic E-state index is -5.08. The zero-order valence-electron chi connectivity index (χ0n) is 31.3. The summed E-state index contributed by atoms with van der Waals surface area (Å²) in [4.78, 5) is 78.7. The van der Waals surface area contributed by atoms with Gasteiger partial charge < -0.3 is 53.2 Å². The number of hydrogen-bond acceptors (Lipinski definition) is 10. The number of carbonyl (C=O) groups is 7. The van der Waals surface area contributed by atoms with Crippen LogP contribution in [-0.4, -0.2) is 135 Å². The fourth-order valence-electron chi connectivity index (χ4n) is 4.40. The summed E-state index contributed by atoms with van der Waals surface area (Å²) in [7, 11) is 0. The number of nitrogens with zero attached hydrogens (tertiary/aromatic N) is 1. The molecule has 350 valence electrons. The van der Waals surface area contributed by atoms with Crippen molar-refractivity contribution in [3.05, 3.63) is 35.9 Å². The lowest BCUT2D eigenvalue weighted by molar-refractivity contribution is -0.193. The molecule has 29 heteroatoms. The summed E-state index contributed by atoms with van der Waals surface area (Å²) in [5, 5.41) is 35.5. The second-order valence-electron chi connectivity index (χ2n) is 12.6. The largest absolute Gasteiger partial charge is 0.490 e. The number of carbonyl (C=O) groups excluding carboxylic acids is 3. The van der Waals surface area contributed by atoms with Crippen molar-refractivity contribution in [2.24, 2.45) is 17.2 Å². The molecule has 12 N–H and O–H groups in total. The van der Waals surface area contributed by atoms with Crippen molar-refractivity contribution in [2.45, 2.75) is 99.7 Å². The molecule has 1 unspecified atom stereocenters. The molecular weight excluding hydrogens is 872 g/mol. The first-order valence-corrected chi connectivity index (χ1v) is 17.0. The van der Waals surface area contributed by atoms with Gasteiger partial charge in [-0.25, -0.2) is 14.4 Å². The zero-order valence-corrected chi connectivity index (χ0v) is 31.3. The van der Waals surface area contributed by atoms with E-state index in [0.717, 1.165) is 5.56 Å². The number of carboxylic acid groups (broad SMARTS) is 4. The number of alkyl halides is 12. The van der Waals surface area contributed by atoms with Crippen LogP contribution in [0.1, 0.15) is 50.5 Å². The van der Waals surface area contributed by atoms with E-state index in [4.69, 9.17) is 46.9 Å². The molecule has 1 aromatic carbocycles. The summed E-state index contributed by atoms with van der Waals surface area (Å²) in [6.45, 7) is 0.400. The highest BCUT2D eigenvalue weighted by Crippen LogP contribution is 2.24. The van der Waals surface area contributed by atoms with Gasteiger partial charge in [0.1, 0.15) is 17.6 Å². The topological polar surface area (TPSA) is 306 Å². The molecule has 0 aromatic heterocycles. The standard InChI is InChI=1S/C26H39F3N6O5.3C2HF3O2/c27-26(28,29)10-9-19(33-21(36)18(31)16-17-6-2-1-3-7-17)22(37)34-20(8-4-5-13-30)23(38)35-14-11-25(32,12-15-35)24(39)40;3*3-2(4,5)1(6)7/h1-3,6-7,18-20H,4-5,8-16,30-32H2,(H,33,36)(H,34,37)(H,39,40);3*(H,6,7)/t18-,19?,20-;;;/m1.../s1. The number of likely N-dealkylation sites (tertiary alicyclic amines) is 1. The number of nitrogens with one attached hydrogen (secondary N) is 2. The second-order valence-corrected chi connectivity index (χ2v) is 12.6. The van der Waals surface area contributed by atoms with E-state index >= 15 is 0 Å². The van der Waals surface area contributed by atoms with E-state index < -0.39 is 103 Å². The number of unbranched alkanes of at least 4 members (excludes halogenated alkanes) is 1. The van der Waals surface area contributed by atoms with Gasteiger partial charge in [0.05, 0.1) is 6.04 Å². The summed E-state index contributed by atoms with van der Waals surface area (Å²) in [5.74, 6) is -11.7. The van der Waals surface area contributed by atoms with Gasteiger partial charge in [-0.15, -0.1) is 0 Å². The number of benzene rings is 1. The van der Waals surface area contributed by atoms with Gasteiger partial charge in [0.25, 0.3) is 0 Å². The van der Waals surface area contributed by atoms with Crippen molar-refractivity contribution >= 4 is 41.6 Å². The van der Waals surface area contributed by atoms with Crippen LogP contribution in [0.4, 0.5) is 52.7 Å². The maximum absolute atomic E-state index is 13.3. The molecule has 0 aliphatic carbocycles. The van der Waals surface area contributed by atoms with Crippen LogP contribution in [0.3, 0.4) is 0 Å². The molecule has 1 aliphatic rings. The predicted octanol–water partition coefficient (Wildman–Crippen LogP) is 2.30. The Hall–Kier alpha value is -5.45. The predicted molar refractivity (Wildman–Crippen MR) is 182 cm³/mol. The van der Waals surface area contributed by atoms with E-state index in [9.17, 15) is 77.0 Å². The molecule has 3 atom stereocenters. The Morgan fingerprint density at radius 1 is 0.672 bits per heavy atom. The van der Waals surface area contributed by atoms with Gasteiger partial charge in [-0.2, -0.15) is 52.7 Å². The molecule has 1 fully saturated rings. The van der Waals surface area contributed by atoms with Crippen molar-refractivity contribution in [3.63, 3.8) is 0 Å². The lowest BCUT2D eigenvalue weighted by Crippen LogP contribution is -2.60. The maximum atomic E-state index is 13.3. The number of aliphatic carboxylic acids is 4. The third-order valence-corrected chi connectivity index (χ3v) is 7.67. The highest BCUT2D eigenvalue weighted by Gasteiger charge is 2.42. The summed E-state index contributed by atoms with van der Waals surface area (Å²) < 4.78 is 134. The number of amides is 3. The molecule has 0 saturated carbocycles. The zero-order chi connectivity index (χ0) is 48.2. The Morgan fingerprint density at radius 3 is 1.44 bits per heavy atom. The molecule has 17 nitrogen and oxygen atoms in total. The minimum absolute atomic E-state index is 0.00110. The van der Waals surface area contributed by atoms with Crippen LogP contribution in [0, 0.1) is 0 Å². The first-order chi connectivity index (χ1) is 27.6. The van der Waals surface area contributed by atoms with Gasteiger partial charge in [-0.1, -0.05) is 30.3 Å². The number of halogens is 12. The maximum Gasteiger partial charge on any atom is 0.490 e. The van der Waals surface area contributed by atoms with Crippen LogP contribution < -0.4 is 27.8 Å². The van der Waals surface area contributed by atoms with E-state index in [0.29, 0.717) is 19.4 Å². The highest BCUT2D eigenvalue weighted by molar-refractivity contribution is 5.93. The molecule has 1 heterocycles. The number of rotatable bonds is 14. The quantitative estimate of drug-likeness (QED) is 0.0956. The average Bonchev–Trinajstić information content (AvgIpc) is 3.12. The third-order valence-electron chi connectivity index (χ3n) is 7.67. The fourth-order valence-corrected chi connectivity index (χ4v) is 4.40. The molecular formula is C32H42F12N6O11. The Balaban J connectivity index is 0. The van der Waals surface area contributed by atoms with Crippen LogP contribution >= 0.6 is 0 Å². The highest BCUT2D eigenvalue weighted by atomic mass is 19.4. The number of nitrogens with two attached hydrogens (primary N) is 3.